The third kappa shape index (κ3) is 10.3. The van der Waals surface area contributed by atoms with Crippen molar-refractivity contribution >= 4 is 11.9 Å². The van der Waals surface area contributed by atoms with Crippen molar-refractivity contribution in [1.82, 2.24) is 0 Å². The second-order valence-electron chi connectivity index (χ2n) is 8.04. The predicted octanol–water partition coefficient (Wildman–Crippen LogP) is -2.30. The molecule has 8 atom stereocenters. The number of hydrogen-bond acceptors (Lipinski definition) is 8. The number of carbonyl (C=O) groups excluding carboxylic acids is 2. The Labute approximate surface area is 205 Å². The Balaban J connectivity index is 0.000000468. The zero-order valence-electron chi connectivity index (χ0n) is 17.8. The summed E-state index contributed by atoms with van der Waals surface area (Å²) in [5, 5.41) is 67.7. The molecule has 1 fully saturated rings. The van der Waals surface area contributed by atoms with Crippen LogP contribution < -0.4 is 0 Å². The van der Waals surface area contributed by atoms with Gasteiger partial charge in [-0.05, 0) is 12.2 Å². The molecular weight excluding hydrogens is 623 g/mol. The first-order valence-electron chi connectivity index (χ1n) is 10.3. The van der Waals surface area contributed by atoms with Gasteiger partial charge in [0, 0.05) is 22.4 Å². The normalized spacial score (nSPS) is 35.8. The first kappa shape index (κ1) is 31.8. The van der Waals surface area contributed by atoms with E-state index in [-0.39, 0.29) is 57.1 Å². The molecule has 1 saturated carbocycles. The fourth-order valence-electron chi connectivity index (χ4n) is 3.36. The summed E-state index contributed by atoms with van der Waals surface area (Å²) in [6.07, 6.45) is -1.02. The maximum Gasteiger partial charge on any atom is 4.00 e. The maximum atomic E-state index is 10.5. The molecule has 190 valence electrons. The van der Waals surface area contributed by atoms with Crippen LogP contribution in [0.2, 0.25) is 0 Å². The topological polar surface area (TPSA) is 249 Å². The number of carbonyl (C=O) groups is 2. The Bertz CT molecular complexity index is 646. The van der Waals surface area contributed by atoms with E-state index in [1.54, 1.807) is 0 Å². The molecule has 3 aliphatic carbocycles. The SMILES string of the molecule is O=C([OH2+])C1=CC(O)C(O)C(O)C1.O=C([OH2+])C1=CC(O)C(O)C(O)C1.[NH-]C1CCCCC1[NH-].[Pt+4]. The molecule has 33 heavy (non-hydrogen) atoms. The zero-order chi connectivity index (χ0) is 24.6. The minimum Gasteiger partial charge on any atom is -0.676 e. The van der Waals surface area contributed by atoms with Gasteiger partial charge in [0.2, 0.25) is 0 Å². The number of rotatable bonds is 2. The summed E-state index contributed by atoms with van der Waals surface area (Å²) < 4.78 is 0. The predicted molar refractivity (Wildman–Crippen MR) is 113 cm³/mol. The van der Waals surface area contributed by atoms with Crippen molar-refractivity contribution in [1.29, 1.82) is 0 Å². The standard InChI is InChI=1S/2C7H10O5.C6H12N2.Pt/c2*8-4-1-3(7(11)12)2-5(9)6(4)10;7-5-3-1-2-4-6(5)8;/h2*1,4-6,8-10H,2H2,(H,11,12);5-8H,1-4H2;/q;;-2;+4/p+2. The van der Waals surface area contributed by atoms with Crippen LogP contribution in [0, 0.1) is 0 Å². The summed E-state index contributed by atoms with van der Waals surface area (Å²) >= 11 is 0. The molecule has 13 heteroatoms. The van der Waals surface area contributed by atoms with Crippen LogP contribution in [0.5, 0.6) is 0 Å². The first-order valence-corrected chi connectivity index (χ1v) is 10.3. The van der Waals surface area contributed by atoms with E-state index in [1.807, 2.05) is 0 Å². The third-order valence-electron chi connectivity index (χ3n) is 5.44. The monoisotopic (exact) mass is 657 g/mol. The molecule has 0 aromatic carbocycles. The summed E-state index contributed by atoms with van der Waals surface area (Å²) in [5.74, 6) is -1.86. The summed E-state index contributed by atoms with van der Waals surface area (Å²) in [5.41, 5.74) is 14.7. The van der Waals surface area contributed by atoms with Gasteiger partial charge in [0.05, 0.1) is 12.2 Å². The van der Waals surface area contributed by atoms with Gasteiger partial charge in [-0.15, -0.1) is 0 Å². The molecule has 0 radical (unpaired) electrons. The largest absolute Gasteiger partial charge is 4.00 e. The van der Waals surface area contributed by atoms with Crippen LogP contribution in [-0.2, 0) is 30.7 Å². The van der Waals surface area contributed by atoms with Crippen LogP contribution in [-0.4, -0.2) is 101 Å². The van der Waals surface area contributed by atoms with Crippen LogP contribution in [0.4, 0.5) is 0 Å². The first-order chi connectivity index (χ1) is 14.8. The molecule has 12 nitrogen and oxygen atoms in total. The van der Waals surface area contributed by atoms with E-state index in [1.165, 1.54) is 12.8 Å². The van der Waals surface area contributed by atoms with Crippen molar-refractivity contribution in [2.24, 2.45) is 0 Å². The zero-order valence-corrected chi connectivity index (χ0v) is 20.1. The molecule has 0 aromatic rings. The fraction of sp³-hybridized carbons (Fsp3) is 0.700. The summed E-state index contributed by atoms with van der Waals surface area (Å²) in [4.78, 5) is 21.0. The molecule has 3 rings (SSSR count). The summed E-state index contributed by atoms with van der Waals surface area (Å²) in [6, 6.07) is -0.160. The minimum atomic E-state index is -1.26. The molecule has 0 aromatic heterocycles. The minimum absolute atomic E-state index is 0. The van der Waals surface area contributed by atoms with E-state index in [2.05, 4.69) is 0 Å². The third-order valence-corrected chi connectivity index (χ3v) is 5.44. The Hall–Kier alpha value is -1.21. The van der Waals surface area contributed by atoms with E-state index >= 15 is 0 Å². The van der Waals surface area contributed by atoms with Gasteiger partial charge in [-0.25, -0.2) is 0 Å². The molecule has 0 bridgehead atoms. The van der Waals surface area contributed by atoms with Crippen molar-refractivity contribution in [3.05, 3.63) is 34.8 Å². The molecule has 8 unspecified atom stereocenters. The van der Waals surface area contributed by atoms with E-state index in [4.69, 9.17) is 52.3 Å². The Morgan fingerprint density at radius 3 is 1.24 bits per heavy atom. The van der Waals surface area contributed by atoms with Crippen LogP contribution >= 0.6 is 0 Å². The molecular formula is C20H34N2O10Pt+4. The molecule has 12 N–H and O–H groups in total. The second kappa shape index (κ2) is 14.9. The average molecular weight is 658 g/mol. The van der Waals surface area contributed by atoms with Gasteiger partial charge in [0.25, 0.3) is 0 Å². The van der Waals surface area contributed by atoms with E-state index in [9.17, 15) is 9.59 Å². The van der Waals surface area contributed by atoms with E-state index in [0.717, 1.165) is 25.0 Å². The smallest absolute Gasteiger partial charge is 0.676 e. The Morgan fingerprint density at radius 2 is 1.03 bits per heavy atom. The second-order valence-corrected chi connectivity index (χ2v) is 8.04. The average Bonchev–Trinajstić information content (AvgIpc) is 2.72. The quantitative estimate of drug-likeness (QED) is 0.176. The van der Waals surface area contributed by atoms with Crippen LogP contribution in [0.1, 0.15) is 38.5 Å². The van der Waals surface area contributed by atoms with Crippen molar-refractivity contribution in [2.75, 3.05) is 0 Å². The molecule has 0 amide bonds. The van der Waals surface area contributed by atoms with Crippen molar-refractivity contribution in [2.45, 2.75) is 87.2 Å². The number of nitrogens with one attached hydrogen (secondary N) is 2. The van der Waals surface area contributed by atoms with Crippen molar-refractivity contribution in [3.63, 3.8) is 0 Å². The van der Waals surface area contributed by atoms with Crippen LogP contribution in [0.3, 0.4) is 0 Å². The summed E-state index contributed by atoms with van der Waals surface area (Å²) in [6.45, 7) is 0. The van der Waals surface area contributed by atoms with Gasteiger partial charge in [-0.3, -0.25) is 0 Å². The van der Waals surface area contributed by atoms with Gasteiger partial charge in [0.1, 0.15) is 35.6 Å². The molecule has 0 saturated heterocycles. The van der Waals surface area contributed by atoms with Crippen molar-refractivity contribution < 1.29 is 71.5 Å². The van der Waals surface area contributed by atoms with Gasteiger partial charge < -0.3 is 52.3 Å². The fourth-order valence-corrected chi connectivity index (χ4v) is 3.36. The van der Waals surface area contributed by atoms with Crippen LogP contribution in [0.15, 0.2) is 23.3 Å². The van der Waals surface area contributed by atoms with Gasteiger partial charge >= 0.3 is 33.0 Å². The Morgan fingerprint density at radius 1 is 0.727 bits per heavy atom. The molecule has 3 aliphatic rings. The van der Waals surface area contributed by atoms with Gasteiger partial charge in [0.15, 0.2) is 0 Å². The van der Waals surface area contributed by atoms with Crippen LogP contribution in [0.25, 0.3) is 11.5 Å². The van der Waals surface area contributed by atoms with E-state index < -0.39 is 48.6 Å². The van der Waals surface area contributed by atoms with E-state index in [0.29, 0.717) is 0 Å². The molecule has 0 heterocycles. The maximum absolute atomic E-state index is 10.5. The number of aliphatic hydroxyl groups excluding tert-OH is 6. The van der Waals surface area contributed by atoms with Gasteiger partial charge in [-0.1, -0.05) is 25.7 Å². The Kier molecular flexibility index (Phi) is 14.4. The summed E-state index contributed by atoms with van der Waals surface area (Å²) in [7, 11) is 0. The molecule has 0 aliphatic heterocycles. The molecule has 0 spiro atoms. The number of hydrogen-bond donors (Lipinski definition) is 6. The number of aliphatic hydroxyl groups is 6. The van der Waals surface area contributed by atoms with Crippen molar-refractivity contribution in [3.8, 4) is 0 Å². The van der Waals surface area contributed by atoms with Gasteiger partial charge in [-0.2, -0.15) is 12.1 Å².